The number of hydrogen-bond donors (Lipinski definition) is 7. The Balaban J connectivity index is 1.87. The van der Waals surface area contributed by atoms with E-state index in [2.05, 4.69) is 0 Å². The maximum atomic E-state index is 12.6. The number of ketones is 1. The van der Waals surface area contributed by atoms with Gasteiger partial charge in [-0.25, -0.2) is 4.79 Å². The minimum absolute atomic E-state index is 0.0164. The number of esters is 1. The molecule has 2 heterocycles. The van der Waals surface area contributed by atoms with Crippen LogP contribution in [0.15, 0.2) is 11.6 Å². The van der Waals surface area contributed by atoms with Gasteiger partial charge in [0.25, 0.3) is 0 Å². The lowest BCUT2D eigenvalue weighted by atomic mass is 9.35. The Morgan fingerprint density at radius 3 is 2.39 bits per heavy atom. The number of fused-ring (bicyclic) bond motifs is 1. The Hall–Kier alpha value is -1.44. The number of aliphatic hydroxyl groups is 7. The van der Waals surface area contributed by atoms with Gasteiger partial charge in [0.05, 0.1) is 18.6 Å². The maximum absolute atomic E-state index is 12.6. The average molecular weight is 442 g/mol. The second kappa shape index (κ2) is 5.72. The summed E-state index contributed by atoms with van der Waals surface area (Å²) in [5.74, 6) is -6.66. The van der Waals surface area contributed by atoms with Gasteiger partial charge in [-0.15, -0.1) is 0 Å². The first-order valence-electron chi connectivity index (χ1n) is 10.2. The Kier molecular flexibility index (Phi) is 3.95. The van der Waals surface area contributed by atoms with Gasteiger partial charge in [0.2, 0.25) is 0 Å². The van der Waals surface area contributed by atoms with Gasteiger partial charge in [-0.05, 0) is 25.3 Å². The third kappa shape index (κ3) is 1.84. The van der Waals surface area contributed by atoms with E-state index in [0.717, 1.165) is 0 Å². The molecular formula is C20H26O11. The molecule has 2 bridgehead atoms. The van der Waals surface area contributed by atoms with Gasteiger partial charge in [-0.1, -0.05) is 12.5 Å². The number of carbonyl (C=O) groups is 2. The molecule has 0 radical (unpaired) electrons. The lowest BCUT2D eigenvalue weighted by Gasteiger charge is -2.71. The monoisotopic (exact) mass is 442 g/mol. The summed E-state index contributed by atoms with van der Waals surface area (Å²) in [6.45, 7) is 1.23. The summed E-state index contributed by atoms with van der Waals surface area (Å²) < 4.78 is 11.0. The highest BCUT2D eigenvalue weighted by molar-refractivity contribution is 5.96. The lowest BCUT2D eigenvalue weighted by molar-refractivity contribution is -0.416. The summed E-state index contributed by atoms with van der Waals surface area (Å²) in [6, 6.07) is 0. The van der Waals surface area contributed by atoms with Crippen molar-refractivity contribution in [1.29, 1.82) is 0 Å². The Bertz CT molecular complexity index is 919. The number of rotatable bonds is 1. The van der Waals surface area contributed by atoms with Gasteiger partial charge in [0, 0.05) is 11.3 Å². The molecule has 1 spiro atoms. The van der Waals surface area contributed by atoms with Crippen molar-refractivity contribution in [2.75, 3.05) is 13.2 Å². The van der Waals surface area contributed by atoms with Crippen molar-refractivity contribution in [3.8, 4) is 0 Å². The van der Waals surface area contributed by atoms with Gasteiger partial charge in [0.15, 0.2) is 23.3 Å². The second-order valence-electron chi connectivity index (χ2n) is 9.94. The summed E-state index contributed by atoms with van der Waals surface area (Å²) in [6.07, 6.45) is -6.46. The minimum atomic E-state index is -2.98. The molecule has 2 saturated carbocycles. The van der Waals surface area contributed by atoms with Crippen molar-refractivity contribution in [3.05, 3.63) is 11.6 Å². The van der Waals surface area contributed by atoms with E-state index >= 15 is 0 Å². The van der Waals surface area contributed by atoms with E-state index in [9.17, 15) is 45.3 Å². The molecule has 172 valence electrons. The molecule has 0 aromatic carbocycles. The number of carbonyl (C=O) groups excluding carboxylic acids is 2. The summed E-state index contributed by atoms with van der Waals surface area (Å²) in [5.41, 5.74) is -8.85. The zero-order valence-electron chi connectivity index (χ0n) is 16.9. The second-order valence-corrected chi connectivity index (χ2v) is 9.94. The number of ether oxygens (including phenoxy) is 2. The van der Waals surface area contributed by atoms with Crippen LogP contribution in [-0.4, -0.2) is 102 Å². The van der Waals surface area contributed by atoms with Crippen LogP contribution in [0.25, 0.3) is 0 Å². The predicted octanol–water partition coefficient (Wildman–Crippen LogP) is -3.66. The SMILES string of the molecule is CC1=CC(=O)[C@@H](O)[C@]2(C)[C@H]3[C@@]4(O)OC[C@@]35[C@@H](C[C@@H]12)OC(=O)[C@H](O)[C@@]5(O)[C@@](O)(CO)[C@H]4O. The summed E-state index contributed by atoms with van der Waals surface area (Å²) in [4.78, 5) is 25.1. The van der Waals surface area contributed by atoms with Crippen molar-refractivity contribution < 1.29 is 54.8 Å². The lowest BCUT2D eigenvalue weighted by Crippen LogP contribution is -2.90. The van der Waals surface area contributed by atoms with Crippen LogP contribution >= 0.6 is 0 Å². The summed E-state index contributed by atoms with van der Waals surface area (Å²) >= 11 is 0. The quantitative estimate of drug-likeness (QED) is 0.198. The fourth-order valence-corrected chi connectivity index (χ4v) is 7.66. The molecule has 7 N–H and O–H groups in total. The Labute approximate surface area is 176 Å². The van der Waals surface area contributed by atoms with Crippen LogP contribution < -0.4 is 0 Å². The van der Waals surface area contributed by atoms with E-state index in [0.29, 0.717) is 5.57 Å². The van der Waals surface area contributed by atoms with Crippen LogP contribution in [0.5, 0.6) is 0 Å². The van der Waals surface area contributed by atoms with Gasteiger partial charge in [-0.3, -0.25) is 4.79 Å². The van der Waals surface area contributed by atoms with E-state index in [-0.39, 0.29) is 6.42 Å². The molecule has 2 aliphatic heterocycles. The topological polar surface area (TPSA) is 194 Å². The van der Waals surface area contributed by atoms with E-state index < -0.39 is 89.0 Å². The standard InChI is InChI=1S/C20H26O11/c1-7-3-9(22)11(23)16(2)8(7)4-10-17-6-30-19(28,14(16)17)15(26)18(27,5-21)20(17,29)12(24)13(25)31-10/h3,8,10-12,14-15,21,23-24,26-29H,4-6H2,1-2H3/t8-,10+,11+,12-,14+,15+,16+,17+,18+,19+,20-/m0/s1. The smallest absolute Gasteiger partial charge is 0.338 e. The molecule has 11 heteroatoms. The van der Waals surface area contributed by atoms with Crippen molar-refractivity contribution in [1.82, 2.24) is 0 Å². The van der Waals surface area contributed by atoms with Crippen LogP contribution in [0.3, 0.4) is 0 Å². The first-order chi connectivity index (χ1) is 14.3. The van der Waals surface area contributed by atoms with Crippen LogP contribution in [0, 0.1) is 22.7 Å². The molecule has 5 aliphatic rings. The van der Waals surface area contributed by atoms with E-state index in [1.54, 1.807) is 6.92 Å². The summed E-state index contributed by atoms with van der Waals surface area (Å²) in [5, 5.41) is 77.4. The van der Waals surface area contributed by atoms with E-state index in [1.807, 2.05) is 0 Å². The molecule has 2 saturated heterocycles. The van der Waals surface area contributed by atoms with Crippen molar-refractivity contribution >= 4 is 11.8 Å². The molecular weight excluding hydrogens is 416 g/mol. The van der Waals surface area contributed by atoms with Crippen LogP contribution in [0.4, 0.5) is 0 Å². The molecule has 11 nitrogen and oxygen atoms in total. The van der Waals surface area contributed by atoms with Crippen molar-refractivity contribution in [2.45, 2.75) is 61.7 Å². The molecule has 5 rings (SSSR count). The molecule has 11 atom stereocenters. The molecule has 4 fully saturated rings. The largest absolute Gasteiger partial charge is 0.460 e. The molecule has 3 aliphatic carbocycles. The highest BCUT2D eigenvalue weighted by Crippen LogP contribution is 2.75. The van der Waals surface area contributed by atoms with Crippen LogP contribution in [-0.2, 0) is 19.1 Å². The van der Waals surface area contributed by atoms with Crippen LogP contribution in [0.2, 0.25) is 0 Å². The van der Waals surface area contributed by atoms with Gasteiger partial charge < -0.3 is 45.2 Å². The Morgan fingerprint density at radius 2 is 1.77 bits per heavy atom. The number of aliphatic hydroxyl groups excluding tert-OH is 4. The van der Waals surface area contributed by atoms with Gasteiger partial charge >= 0.3 is 5.97 Å². The molecule has 0 amide bonds. The Morgan fingerprint density at radius 1 is 1.13 bits per heavy atom. The molecule has 31 heavy (non-hydrogen) atoms. The highest BCUT2D eigenvalue weighted by atomic mass is 16.7. The minimum Gasteiger partial charge on any atom is -0.460 e. The van der Waals surface area contributed by atoms with E-state index in [4.69, 9.17) is 9.47 Å². The fraction of sp³-hybridized carbons (Fsp3) is 0.800. The third-order valence-electron chi connectivity index (χ3n) is 8.98. The zero-order chi connectivity index (χ0) is 22.9. The normalized spacial score (nSPS) is 60.1. The summed E-state index contributed by atoms with van der Waals surface area (Å²) in [7, 11) is 0. The first kappa shape index (κ1) is 21.4. The molecule has 0 unspecified atom stereocenters. The first-order valence-corrected chi connectivity index (χ1v) is 10.2. The van der Waals surface area contributed by atoms with E-state index in [1.165, 1.54) is 13.0 Å². The number of hydrogen-bond acceptors (Lipinski definition) is 11. The zero-order valence-corrected chi connectivity index (χ0v) is 16.9. The third-order valence-corrected chi connectivity index (χ3v) is 8.98. The number of allylic oxidation sites excluding steroid dienone is 1. The van der Waals surface area contributed by atoms with Gasteiger partial charge in [-0.2, -0.15) is 0 Å². The highest BCUT2D eigenvalue weighted by Gasteiger charge is 2.91. The van der Waals surface area contributed by atoms with Crippen molar-refractivity contribution in [2.24, 2.45) is 22.7 Å². The van der Waals surface area contributed by atoms with Gasteiger partial charge in [0.1, 0.15) is 23.9 Å². The van der Waals surface area contributed by atoms with Crippen molar-refractivity contribution in [3.63, 3.8) is 0 Å². The molecule has 0 aromatic rings. The fourth-order valence-electron chi connectivity index (χ4n) is 7.66. The average Bonchev–Trinajstić information content (AvgIpc) is 3.04. The molecule has 0 aromatic heterocycles. The predicted molar refractivity (Wildman–Crippen MR) is 96.7 cm³/mol. The van der Waals surface area contributed by atoms with Crippen LogP contribution in [0.1, 0.15) is 20.3 Å². The maximum Gasteiger partial charge on any atom is 0.338 e.